The molecule has 3 nitrogen and oxygen atoms in total. The minimum Gasteiger partial charge on any atom is -0.147 e. The number of alkyl halides is 3. The molecule has 0 bridgehead atoms. The summed E-state index contributed by atoms with van der Waals surface area (Å²) in [7, 11) is 2.77. The van der Waals surface area contributed by atoms with E-state index in [1.165, 1.54) is 20.3 Å². The van der Waals surface area contributed by atoms with Crippen molar-refractivity contribution >= 4 is 31.8 Å². The van der Waals surface area contributed by atoms with E-state index < -0.39 is 20.0 Å². The van der Waals surface area contributed by atoms with Gasteiger partial charge in [0.1, 0.15) is 0 Å². The Hall–Kier alpha value is -0.621. The van der Waals surface area contributed by atoms with E-state index >= 15 is 0 Å². The molecule has 0 spiro atoms. The van der Waals surface area contributed by atoms with E-state index in [4.69, 9.17) is 15.2 Å². The molecule has 0 aromatic heterocycles. The third kappa shape index (κ3) is 5.48. The Morgan fingerprint density at radius 3 is 2.16 bits per heavy atom. The molecule has 0 saturated heterocycles. The zero-order valence-corrected chi connectivity index (χ0v) is 12.9. The van der Waals surface area contributed by atoms with Gasteiger partial charge in [0.15, 0.2) is 0 Å². The molecule has 2 N–H and O–H groups in total. The molecule has 0 aliphatic carbocycles. The summed E-state index contributed by atoms with van der Waals surface area (Å²) in [5.74, 6) is 0.652. The summed E-state index contributed by atoms with van der Waals surface area (Å²) >= 11 is -1.66. The fraction of sp³-hybridized carbons (Fsp3) is 0.455. The van der Waals surface area contributed by atoms with E-state index in [2.05, 4.69) is 0 Å². The Kier molecular flexibility index (Phi) is 7.59. The van der Waals surface area contributed by atoms with E-state index in [1.807, 2.05) is 0 Å². The Morgan fingerprint density at radius 1 is 1.16 bits per heavy atom. The van der Waals surface area contributed by atoms with Crippen molar-refractivity contribution in [3.63, 3.8) is 0 Å². The molecule has 19 heavy (non-hydrogen) atoms. The van der Waals surface area contributed by atoms with Crippen molar-refractivity contribution in [2.45, 2.75) is 11.5 Å². The molecule has 8 heteroatoms. The van der Waals surface area contributed by atoms with Crippen molar-refractivity contribution in [3.8, 4) is 11.5 Å². The van der Waals surface area contributed by atoms with Crippen LogP contribution in [0.1, 0.15) is 5.56 Å². The summed E-state index contributed by atoms with van der Waals surface area (Å²) in [6, 6.07) is 2.95. The van der Waals surface area contributed by atoms with Crippen LogP contribution in [0, 0.1) is 0 Å². The summed E-state index contributed by atoms with van der Waals surface area (Å²) in [4.78, 5) is 0. The van der Waals surface area contributed by atoms with Gasteiger partial charge in [-0.15, -0.1) is 12.4 Å². The number of hydrogen-bond donors (Lipinski definition) is 1. The molecular formula is C11H15ClF3NO2Se. The van der Waals surface area contributed by atoms with Gasteiger partial charge in [0.2, 0.25) is 0 Å². The maximum Gasteiger partial charge on any atom is -0.147 e. The molecule has 0 radical (unpaired) electrons. The second-order valence-electron chi connectivity index (χ2n) is 3.40. The van der Waals surface area contributed by atoms with Gasteiger partial charge in [-0.2, -0.15) is 0 Å². The van der Waals surface area contributed by atoms with Gasteiger partial charge in [0.05, 0.1) is 0 Å². The standard InChI is InChI=1S/C11H14F3NO2Se.ClH/c1-16-8-6-10(18-11(12,13)14)9(17-2)5-7(8)3-4-15;/h5-6H,3-4,15H2,1-2H3;1H. The Labute approximate surface area is 122 Å². The van der Waals surface area contributed by atoms with E-state index in [1.54, 1.807) is 6.07 Å². The molecule has 0 aliphatic rings. The van der Waals surface area contributed by atoms with Crippen molar-refractivity contribution in [1.29, 1.82) is 0 Å². The third-order valence-corrected chi connectivity index (χ3v) is 3.82. The topological polar surface area (TPSA) is 44.5 Å². The van der Waals surface area contributed by atoms with Crippen molar-refractivity contribution in [2.75, 3.05) is 20.8 Å². The quantitative estimate of drug-likeness (QED) is 0.805. The largest absolute Gasteiger partial charge is 0.147 e. The van der Waals surface area contributed by atoms with Crippen molar-refractivity contribution in [3.05, 3.63) is 17.7 Å². The summed E-state index contributed by atoms with van der Waals surface area (Å²) in [5.41, 5.74) is 6.19. The van der Waals surface area contributed by atoms with Crippen molar-refractivity contribution < 1.29 is 22.6 Å². The Bertz CT molecular complexity index is 416. The first-order valence-corrected chi connectivity index (χ1v) is 6.83. The Balaban J connectivity index is 0.00000324. The van der Waals surface area contributed by atoms with Gasteiger partial charge in [0, 0.05) is 0 Å². The Morgan fingerprint density at radius 2 is 1.74 bits per heavy atom. The van der Waals surface area contributed by atoms with Crippen LogP contribution in [0.4, 0.5) is 13.2 Å². The predicted octanol–water partition coefficient (Wildman–Crippen LogP) is 1.48. The molecule has 1 aromatic rings. The number of methoxy groups -OCH3 is 2. The number of ether oxygens (including phenoxy) is 2. The van der Waals surface area contributed by atoms with Gasteiger partial charge in [-0.3, -0.25) is 0 Å². The predicted molar refractivity (Wildman–Crippen MR) is 71.0 cm³/mol. The molecule has 1 rings (SSSR count). The first-order chi connectivity index (χ1) is 8.41. The summed E-state index contributed by atoms with van der Waals surface area (Å²) < 4.78 is 47.6. The number of nitrogens with two attached hydrogens (primary N) is 1. The van der Waals surface area contributed by atoms with Crippen LogP contribution >= 0.6 is 12.4 Å². The van der Waals surface area contributed by atoms with Gasteiger partial charge >= 0.3 is 109 Å². The van der Waals surface area contributed by atoms with Crippen molar-refractivity contribution in [1.82, 2.24) is 0 Å². The average Bonchev–Trinajstić information content (AvgIpc) is 2.28. The van der Waals surface area contributed by atoms with Crippen LogP contribution in [-0.2, 0) is 6.42 Å². The second-order valence-corrected chi connectivity index (χ2v) is 5.72. The number of halogens is 4. The molecule has 0 amide bonds. The molecule has 0 aliphatic heterocycles. The molecule has 0 heterocycles. The molecule has 0 unspecified atom stereocenters. The molecule has 0 atom stereocenters. The van der Waals surface area contributed by atoms with Crippen LogP contribution in [0.3, 0.4) is 0 Å². The third-order valence-electron chi connectivity index (χ3n) is 2.21. The molecule has 110 valence electrons. The molecule has 1 aromatic carbocycles. The minimum atomic E-state index is -4.22. The first kappa shape index (κ1) is 18.4. The van der Waals surface area contributed by atoms with E-state index in [0.717, 1.165) is 5.56 Å². The van der Waals surface area contributed by atoms with Crippen LogP contribution in [0.15, 0.2) is 12.1 Å². The van der Waals surface area contributed by atoms with Gasteiger partial charge in [-0.05, 0) is 0 Å². The summed E-state index contributed by atoms with van der Waals surface area (Å²) in [6.45, 7) is 0.392. The number of benzene rings is 1. The maximum atomic E-state index is 12.5. The zero-order valence-electron chi connectivity index (χ0n) is 10.4. The zero-order chi connectivity index (χ0) is 13.8. The fourth-order valence-corrected chi connectivity index (χ4v) is 2.87. The van der Waals surface area contributed by atoms with Gasteiger partial charge in [-0.25, -0.2) is 0 Å². The van der Waals surface area contributed by atoms with E-state index in [-0.39, 0.29) is 22.6 Å². The molecular weight excluding hydrogens is 350 g/mol. The molecule has 0 fully saturated rings. The monoisotopic (exact) mass is 365 g/mol. The fourth-order valence-electron chi connectivity index (χ4n) is 1.49. The number of hydrogen-bond acceptors (Lipinski definition) is 3. The normalized spacial score (nSPS) is 10.8. The second kappa shape index (κ2) is 7.84. The minimum absolute atomic E-state index is 0. The van der Waals surface area contributed by atoms with E-state index in [9.17, 15) is 13.2 Å². The SMILES string of the molecule is COc1cc([Se]C(F)(F)F)c(OC)cc1CCN.Cl. The summed E-state index contributed by atoms with van der Waals surface area (Å²) in [6.07, 6.45) is 0.527. The maximum absolute atomic E-state index is 12.5. The van der Waals surface area contributed by atoms with Crippen molar-refractivity contribution in [2.24, 2.45) is 5.73 Å². The van der Waals surface area contributed by atoms with Gasteiger partial charge in [-0.1, -0.05) is 0 Å². The van der Waals surface area contributed by atoms with Crippen LogP contribution < -0.4 is 19.7 Å². The number of rotatable bonds is 5. The van der Waals surface area contributed by atoms with Crippen LogP contribution in [-0.4, -0.2) is 40.8 Å². The van der Waals surface area contributed by atoms with Crippen LogP contribution in [0.5, 0.6) is 11.5 Å². The first-order valence-electron chi connectivity index (χ1n) is 5.12. The van der Waals surface area contributed by atoms with Gasteiger partial charge < -0.3 is 0 Å². The summed E-state index contributed by atoms with van der Waals surface area (Å²) in [5, 5.41) is -4.22. The average molecular weight is 365 g/mol. The molecule has 0 saturated carbocycles. The van der Waals surface area contributed by atoms with Crippen LogP contribution in [0.25, 0.3) is 0 Å². The smallest absolute Gasteiger partial charge is 0.147 e. The van der Waals surface area contributed by atoms with Crippen LogP contribution in [0.2, 0.25) is 0 Å². The van der Waals surface area contributed by atoms with Gasteiger partial charge in [0.25, 0.3) is 0 Å². The van der Waals surface area contributed by atoms with E-state index in [0.29, 0.717) is 18.7 Å².